The molecule has 1 atom stereocenters. The molecule has 92 valence electrons. The fraction of sp³-hybridized carbons (Fsp3) is 0.600. The van der Waals surface area contributed by atoms with Gasteiger partial charge in [0.05, 0.1) is 0 Å². The molecule has 1 unspecified atom stereocenters. The Morgan fingerprint density at radius 3 is 2.19 bits per heavy atom. The molecule has 0 saturated carbocycles. The monoisotopic (exact) mass is 221 g/mol. The van der Waals surface area contributed by atoms with Crippen LogP contribution in [-0.2, 0) is 0 Å². The molecule has 1 nitrogen and oxygen atoms in total. The minimum atomic E-state index is 0.534. The van der Waals surface area contributed by atoms with Crippen molar-refractivity contribution in [3.63, 3.8) is 0 Å². The van der Waals surface area contributed by atoms with Crippen molar-refractivity contribution in [3.05, 3.63) is 36.1 Å². The highest BCUT2D eigenvalue weighted by molar-refractivity contribution is 5.31. The molecule has 1 heteroatoms. The summed E-state index contributed by atoms with van der Waals surface area (Å²) in [5.74, 6) is 1.20. The van der Waals surface area contributed by atoms with E-state index in [0.29, 0.717) is 11.8 Å². The van der Waals surface area contributed by atoms with Gasteiger partial charge in [0.15, 0.2) is 0 Å². The van der Waals surface area contributed by atoms with E-state index < -0.39 is 0 Å². The molecule has 0 spiro atoms. The summed E-state index contributed by atoms with van der Waals surface area (Å²) in [6.45, 7) is 16.8. The number of hydrogen-bond donors (Lipinski definition) is 1. The van der Waals surface area contributed by atoms with Crippen LogP contribution in [0.5, 0.6) is 0 Å². The topological polar surface area (TPSA) is 12.0 Å². The third-order valence-electron chi connectivity index (χ3n) is 2.82. The number of allylic oxidation sites excluding steroid dienone is 3. The van der Waals surface area contributed by atoms with Crippen LogP contribution in [0.25, 0.3) is 0 Å². The summed E-state index contributed by atoms with van der Waals surface area (Å²) >= 11 is 0. The zero-order chi connectivity index (χ0) is 12.7. The highest BCUT2D eigenvalue weighted by Gasteiger charge is 2.10. The smallest absolute Gasteiger partial charge is 0.0296 e. The number of nitrogens with one attached hydrogen (secondary N) is 1. The minimum Gasteiger partial charge on any atom is -0.388 e. The van der Waals surface area contributed by atoms with Gasteiger partial charge in [-0.25, -0.2) is 0 Å². The SMILES string of the molecule is C=CC(C)C/C(C)=C(\CC(C)C)C(=C)NC. The van der Waals surface area contributed by atoms with Crippen molar-refractivity contribution in [2.45, 2.75) is 40.5 Å². The number of likely N-dealkylation sites (N-methyl/N-ethyl adjacent to an activating group) is 1. The van der Waals surface area contributed by atoms with Gasteiger partial charge in [-0.3, -0.25) is 0 Å². The maximum Gasteiger partial charge on any atom is 0.0296 e. The second kappa shape index (κ2) is 7.32. The van der Waals surface area contributed by atoms with Crippen LogP contribution in [0, 0.1) is 11.8 Å². The first kappa shape index (κ1) is 15.0. The van der Waals surface area contributed by atoms with Crippen molar-refractivity contribution in [2.75, 3.05) is 7.05 Å². The molecule has 0 heterocycles. The first-order valence-electron chi connectivity index (χ1n) is 6.10. The Morgan fingerprint density at radius 2 is 1.81 bits per heavy atom. The molecule has 0 bridgehead atoms. The summed E-state index contributed by atoms with van der Waals surface area (Å²) in [5.41, 5.74) is 3.87. The zero-order valence-corrected chi connectivity index (χ0v) is 11.6. The number of rotatable bonds is 7. The van der Waals surface area contributed by atoms with E-state index in [1.807, 2.05) is 13.1 Å². The molecule has 0 aliphatic carbocycles. The van der Waals surface area contributed by atoms with Crippen molar-refractivity contribution in [1.82, 2.24) is 5.32 Å². The molecule has 0 aromatic carbocycles. The van der Waals surface area contributed by atoms with Gasteiger partial charge in [-0.2, -0.15) is 0 Å². The van der Waals surface area contributed by atoms with E-state index in [9.17, 15) is 0 Å². The second-order valence-electron chi connectivity index (χ2n) is 5.00. The van der Waals surface area contributed by atoms with E-state index in [2.05, 4.69) is 46.2 Å². The summed E-state index contributed by atoms with van der Waals surface area (Å²) in [5, 5.41) is 3.16. The molecule has 0 aromatic heterocycles. The van der Waals surface area contributed by atoms with Crippen molar-refractivity contribution >= 4 is 0 Å². The normalized spacial score (nSPS) is 14.4. The van der Waals surface area contributed by atoms with Crippen LogP contribution in [-0.4, -0.2) is 7.05 Å². The van der Waals surface area contributed by atoms with Gasteiger partial charge < -0.3 is 5.32 Å². The fourth-order valence-electron chi connectivity index (χ4n) is 1.80. The largest absolute Gasteiger partial charge is 0.388 e. The van der Waals surface area contributed by atoms with Gasteiger partial charge in [-0.1, -0.05) is 39.0 Å². The summed E-state index contributed by atoms with van der Waals surface area (Å²) in [6.07, 6.45) is 4.18. The average Bonchev–Trinajstić information content (AvgIpc) is 2.24. The highest BCUT2D eigenvalue weighted by Crippen LogP contribution is 2.24. The van der Waals surface area contributed by atoms with E-state index in [1.54, 1.807) is 0 Å². The van der Waals surface area contributed by atoms with Crippen molar-refractivity contribution in [2.24, 2.45) is 11.8 Å². The quantitative estimate of drug-likeness (QED) is 0.499. The molecule has 0 aromatic rings. The second-order valence-corrected chi connectivity index (χ2v) is 5.00. The Kier molecular flexibility index (Phi) is 6.87. The van der Waals surface area contributed by atoms with Gasteiger partial charge in [0, 0.05) is 12.7 Å². The molecule has 0 aliphatic rings. The lowest BCUT2D eigenvalue weighted by Crippen LogP contribution is -2.11. The average molecular weight is 221 g/mol. The van der Waals surface area contributed by atoms with Crippen LogP contribution in [0.1, 0.15) is 40.5 Å². The lowest BCUT2D eigenvalue weighted by molar-refractivity contribution is 0.625. The molecule has 0 saturated heterocycles. The molecule has 0 aliphatic heterocycles. The third-order valence-corrected chi connectivity index (χ3v) is 2.82. The maximum atomic E-state index is 4.09. The third kappa shape index (κ3) is 5.20. The van der Waals surface area contributed by atoms with E-state index in [-0.39, 0.29) is 0 Å². The van der Waals surface area contributed by atoms with Gasteiger partial charge in [-0.05, 0) is 37.2 Å². The highest BCUT2D eigenvalue weighted by atomic mass is 14.8. The van der Waals surface area contributed by atoms with Gasteiger partial charge in [0.2, 0.25) is 0 Å². The zero-order valence-electron chi connectivity index (χ0n) is 11.6. The molecule has 0 fully saturated rings. The Balaban J connectivity index is 4.88. The van der Waals surface area contributed by atoms with E-state index in [4.69, 9.17) is 0 Å². The van der Waals surface area contributed by atoms with Crippen LogP contribution in [0.15, 0.2) is 36.1 Å². The molecular formula is C15H27N. The van der Waals surface area contributed by atoms with Gasteiger partial charge in [0.1, 0.15) is 0 Å². The van der Waals surface area contributed by atoms with E-state index in [1.165, 1.54) is 11.1 Å². The Hall–Kier alpha value is -0.980. The van der Waals surface area contributed by atoms with Gasteiger partial charge >= 0.3 is 0 Å². The van der Waals surface area contributed by atoms with Crippen LogP contribution >= 0.6 is 0 Å². The van der Waals surface area contributed by atoms with E-state index in [0.717, 1.165) is 18.5 Å². The molecule has 1 N–H and O–H groups in total. The van der Waals surface area contributed by atoms with Crippen molar-refractivity contribution in [1.29, 1.82) is 0 Å². The van der Waals surface area contributed by atoms with Crippen molar-refractivity contribution in [3.8, 4) is 0 Å². The first-order valence-corrected chi connectivity index (χ1v) is 6.10. The van der Waals surface area contributed by atoms with Gasteiger partial charge in [-0.15, -0.1) is 6.58 Å². The summed E-state index contributed by atoms with van der Waals surface area (Å²) in [7, 11) is 1.94. The van der Waals surface area contributed by atoms with Crippen LogP contribution in [0.4, 0.5) is 0 Å². The Morgan fingerprint density at radius 1 is 1.25 bits per heavy atom. The molecular weight excluding hydrogens is 194 g/mol. The summed E-state index contributed by atoms with van der Waals surface area (Å²) < 4.78 is 0. The Bertz CT molecular complexity index is 271. The van der Waals surface area contributed by atoms with Crippen LogP contribution in [0.2, 0.25) is 0 Å². The maximum absolute atomic E-state index is 4.09. The standard InChI is InChI=1S/C15H27N/c1-8-12(4)10-13(5)15(9-11(2)3)14(6)16-7/h8,11-12,16H,1,6,9-10H2,2-5,7H3/b15-13+. The molecule has 0 radical (unpaired) electrons. The summed E-state index contributed by atoms with van der Waals surface area (Å²) in [4.78, 5) is 0. The minimum absolute atomic E-state index is 0.534. The van der Waals surface area contributed by atoms with Crippen molar-refractivity contribution < 1.29 is 0 Å². The fourth-order valence-corrected chi connectivity index (χ4v) is 1.80. The molecule has 0 amide bonds. The van der Waals surface area contributed by atoms with Crippen LogP contribution in [0.3, 0.4) is 0 Å². The lowest BCUT2D eigenvalue weighted by Gasteiger charge is -2.18. The predicted octanol–water partition coefficient (Wildman–Crippen LogP) is 4.29. The Labute approximate surface area is 101 Å². The van der Waals surface area contributed by atoms with Crippen LogP contribution < -0.4 is 5.32 Å². The predicted molar refractivity (Wildman–Crippen MR) is 74.3 cm³/mol. The lowest BCUT2D eigenvalue weighted by atomic mass is 9.91. The van der Waals surface area contributed by atoms with Gasteiger partial charge in [0.25, 0.3) is 0 Å². The summed E-state index contributed by atoms with van der Waals surface area (Å²) in [6, 6.07) is 0. The molecule has 16 heavy (non-hydrogen) atoms. The van der Waals surface area contributed by atoms with E-state index >= 15 is 0 Å². The number of hydrogen-bond acceptors (Lipinski definition) is 1. The first-order chi connectivity index (χ1) is 7.42. The molecule has 0 rings (SSSR count).